The zero-order valence-electron chi connectivity index (χ0n) is 13.8. The van der Waals surface area contributed by atoms with Gasteiger partial charge in [-0.3, -0.25) is 9.59 Å². The Balaban J connectivity index is 2.04. The number of hydrogen-bond donors (Lipinski definition) is 1. The highest BCUT2D eigenvalue weighted by Gasteiger charge is 2.16. The minimum Gasteiger partial charge on any atom is -0.360 e. The van der Waals surface area contributed by atoms with Crippen molar-refractivity contribution < 1.29 is 14.1 Å². The first-order chi connectivity index (χ1) is 10.9. The fourth-order valence-corrected chi connectivity index (χ4v) is 2.32. The number of anilines is 2. The molecule has 6 heteroatoms. The number of nitrogens with zero attached hydrogens (tertiary/aromatic N) is 2. The van der Waals surface area contributed by atoms with Gasteiger partial charge in [0.15, 0.2) is 5.82 Å². The van der Waals surface area contributed by atoms with Crippen LogP contribution in [0.3, 0.4) is 0 Å². The number of rotatable bonds is 5. The summed E-state index contributed by atoms with van der Waals surface area (Å²) in [5.41, 5.74) is 2.98. The molecule has 0 bridgehead atoms. The van der Waals surface area contributed by atoms with Crippen molar-refractivity contribution >= 4 is 23.3 Å². The molecule has 1 N–H and O–H groups in total. The van der Waals surface area contributed by atoms with Crippen molar-refractivity contribution in [2.24, 2.45) is 0 Å². The Morgan fingerprint density at radius 1 is 1.26 bits per heavy atom. The predicted octanol–water partition coefficient (Wildman–Crippen LogP) is 2.98. The summed E-state index contributed by atoms with van der Waals surface area (Å²) >= 11 is 0. The minimum absolute atomic E-state index is 0.0937. The third-order valence-electron chi connectivity index (χ3n) is 3.70. The molecule has 1 aromatic heterocycles. The second-order valence-corrected chi connectivity index (χ2v) is 5.51. The Morgan fingerprint density at radius 2 is 2.00 bits per heavy atom. The highest BCUT2D eigenvalue weighted by atomic mass is 16.5. The Labute approximate surface area is 135 Å². The Kier molecular flexibility index (Phi) is 5.16. The van der Waals surface area contributed by atoms with Crippen LogP contribution in [0.1, 0.15) is 30.2 Å². The summed E-state index contributed by atoms with van der Waals surface area (Å²) in [6.07, 6.45) is 0.179. The Hall–Kier alpha value is -2.63. The second-order valence-electron chi connectivity index (χ2n) is 5.51. The van der Waals surface area contributed by atoms with Crippen LogP contribution >= 0.6 is 0 Å². The molecule has 0 aliphatic rings. The minimum atomic E-state index is -0.213. The Bertz CT molecular complexity index is 722. The molecule has 0 atom stereocenters. The van der Waals surface area contributed by atoms with Crippen molar-refractivity contribution in [2.75, 3.05) is 16.8 Å². The third-order valence-corrected chi connectivity index (χ3v) is 3.70. The second kappa shape index (κ2) is 7.09. The molecule has 0 unspecified atom stereocenters. The van der Waals surface area contributed by atoms with E-state index in [4.69, 9.17) is 4.52 Å². The van der Waals surface area contributed by atoms with Gasteiger partial charge < -0.3 is 14.7 Å². The van der Waals surface area contributed by atoms with Crippen molar-refractivity contribution in [1.29, 1.82) is 0 Å². The maximum Gasteiger partial charge on any atom is 0.227 e. The number of carbonyl (C=O) groups excluding carboxylic acids is 2. The molecular formula is C17H21N3O3. The van der Waals surface area contributed by atoms with E-state index < -0.39 is 0 Å². The van der Waals surface area contributed by atoms with Gasteiger partial charge in [0, 0.05) is 31.6 Å². The van der Waals surface area contributed by atoms with Crippen LogP contribution in [-0.2, 0) is 9.59 Å². The number of hydrogen-bond acceptors (Lipinski definition) is 4. The molecule has 0 saturated carbocycles. The summed E-state index contributed by atoms with van der Waals surface area (Å²) in [6.45, 7) is 7.53. The summed E-state index contributed by atoms with van der Waals surface area (Å²) < 4.78 is 4.90. The number of nitrogens with one attached hydrogen (secondary N) is 1. The van der Waals surface area contributed by atoms with Crippen LogP contribution in [0.15, 0.2) is 28.8 Å². The average molecular weight is 315 g/mol. The molecule has 2 aromatic rings. The number of carbonyl (C=O) groups is 2. The monoisotopic (exact) mass is 315 g/mol. The van der Waals surface area contributed by atoms with E-state index >= 15 is 0 Å². The number of aryl methyl sites for hydroxylation is 2. The van der Waals surface area contributed by atoms with Crippen LogP contribution in [0.5, 0.6) is 0 Å². The number of amides is 2. The third kappa shape index (κ3) is 4.18. The van der Waals surface area contributed by atoms with Crippen LogP contribution in [0.25, 0.3) is 0 Å². The lowest BCUT2D eigenvalue weighted by atomic mass is 10.1. The van der Waals surface area contributed by atoms with Crippen LogP contribution in [0.4, 0.5) is 11.5 Å². The molecule has 6 nitrogen and oxygen atoms in total. The van der Waals surface area contributed by atoms with Crippen LogP contribution < -0.4 is 10.2 Å². The molecule has 0 aliphatic carbocycles. The number of benzene rings is 1. The first-order valence-corrected chi connectivity index (χ1v) is 7.46. The average Bonchev–Trinajstić information content (AvgIpc) is 2.88. The summed E-state index contributed by atoms with van der Waals surface area (Å²) in [6, 6.07) is 7.44. The zero-order valence-corrected chi connectivity index (χ0v) is 13.8. The van der Waals surface area contributed by atoms with E-state index in [1.807, 2.05) is 32.0 Å². The molecule has 1 heterocycles. The van der Waals surface area contributed by atoms with Gasteiger partial charge in [-0.15, -0.1) is 0 Å². The van der Waals surface area contributed by atoms with Crippen molar-refractivity contribution in [1.82, 2.24) is 5.16 Å². The maximum atomic E-state index is 12.0. The summed E-state index contributed by atoms with van der Waals surface area (Å²) in [7, 11) is 0. The standard InChI is InChI=1S/C17H21N3O3/c1-11-6-5-7-15(13(11)3)20(14(4)21)9-8-17(22)18-16-10-12(2)23-19-16/h5-7,10H,8-9H2,1-4H3,(H,18,19,22). The van der Waals surface area contributed by atoms with Crippen LogP contribution in [0, 0.1) is 20.8 Å². The van der Waals surface area contributed by atoms with Crippen molar-refractivity contribution in [3.63, 3.8) is 0 Å². The van der Waals surface area contributed by atoms with Crippen molar-refractivity contribution in [2.45, 2.75) is 34.1 Å². The van der Waals surface area contributed by atoms with Gasteiger partial charge in [0.2, 0.25) is 11.8 Å². The fraction of sp³-hybridized carbons (Fsp3) is 0.353. The molecule has 2 amide bonds. The molecular weight excluding hydrogens is 294 g/mol. The molecule has 0 spiro atoms. The molecule has 0 radical (unpaired) electrons. The largest absolute Gasteiger partial charge is 0.360 e. The molecule has 0 fully saturated rings. The number of aromatic nitrogens is 1. The lowest BCUT2D eigenvalue weighted by Gasteiger charge is -2.23. The van der Waals surface area contributed by atoms with Gasteiger partial charge in [0.25, 0.3) is 0 Å². The lowest BCUT2D eigenvalue weighted by molar-refractivity contribution is -0.117. The quantitative estimate of drug-likeness (QED) is 0.920. The van der Waals surface area contributed by atoms with E-state index in [2.05, 4.69) is 10.5 Å². The highest BCUT2D eigenvalue weighted by molar-refractivity contribution is 5.95. The molecule has 0 saturated heterocycles. The molecule has 0 aliphatic heterocycles. The summed E-state index contributed by atoms with van der Waals surface area (Å²) in [5.74, 6) is 0.702. The molecule has 1 aromatic carbocycles. The predicted molar refractivity (Wildman–Crippen MR) is 88.4 cm³/mol. The first kappa shape index (κ1) is 16.7. The SMILES string of the molecule is CC(=O)N(CCC(=O)Nc1cc(C)on1)c1cccc(C)c1C. The molecule has 23 heavy (non-hydrogen) atoms. The van der Waals surface area contributed by atoms with Gasteiger partial charge in [-0.2, -0.15) is 0 Å². The van der Waals surface area contributed by atoms with E-state index in [-0.39, 0.29) is 18.2 Å². The lowest BCUT2D eigenvalue weighted by Crippen LogP contribution is -2.32. The van der Waals surface area contributed by atoms with Gasteiger partial charge in [-0.05, 0) is 38.0 Å². The summed E-state index contributed by atoms with van der Waals surface area (Å²) in [4.78, 5) is 25.6. The van der Waals surface area contributed by atoms with Crippen molar-refractivity contribution in [3.8, 4) is 0 Å². The van der Waals surface area contributed by atoms with E-state index in [1.165, 1.54) is 6.92 Å². The zero-order chi connectivity index (χ0) is 17.0. The van der Waals surface area contributed by atoms with E-state index in [0.717, 1.165) is 16.8 Å². The Morgan fingerprint density at radius 3 is 2.61 bits per heavy atom. The topological polar surface area (TPSA) is 75.4 Å². The first-order valence-electron chi connectivity index (χ1n) is 7.46. The van der Waals surface area contributed by atoms with Crippen LogP contribution in [-0.4, -0.2) is 23.5 Å². The van der Waals surface area contributed by atoms with E-state index in [9.17, 15) is 9.59 Å². The van der Waals surface area contributed by atoms with Gasteiger partial charge in [0.1, 0.15) is 5.76 Å². The summed E-state index contributed by atoms with van der Waals surface area (Å²) in [5, 5.41) is 6.37. The van der Waals surface area contributed by atoms with E-state index in [1.54, 1.807) is 17.9 Å². The van der Waals surface area contributed by atoms with Gasteiger partial charge >= 0.3 is 0 Å². The highest BCUT2D eigenvalue weighted by Crippen LogP contribution is 2.23. The smallest absolute Gasteiger partial charge is 0.227 e. The maximum absolute atomic E-state index is 12.0. The van der Waals surface area contributed by atoms with Crippen LogP contribution in [0.2, 0.25) is 0 Å². The van der Waals surface area contributed by atoms with E-state index in [0.29, 0.717) is 18.1 Å². The fourth-order valence-electron chi connectivity index (χ4n) is 2.32. The van der Waals surface area contributed by atoms with Gasteiger partial charge in [-0.1, -0.05) is 17.3 Å². The molecule has 2 rings (SSSR count). The van der Waals surface area contributed by atoms with Gasteiger partial charge in [0.05, 0.1) is 0 Å². The molecule has 122 valence electrons. The normalized spacial score (nSPS) is 10.4. The van der Waals surface area contributed by atoms with Crippen molar-refractivity contribution in [3.05, 3.63) is 41.2 Å². The van der Waals surface area contributed by atoms with Gasteiger partial charge in [-0.25, -0.2) is 0 Å².